The predicted molar refractivity (Wildman–Crippen MR) is 163 cm³/mol. The Balaban J connectivity index is 1.54. The molecule has 0 bridgehead atoms. The fourth-order valence-corrected chi connectivity index (χ4v) is 5.83. The minimum absolute atomic E-state index is 0.225. The van der Waals surface area contributed by atoms with Gasteiger partial charge in [-0.1, -0.05) is 59.3 Å². The van der Waals surface area contributed by atoms with Gasteiger partial charge in [-0.2, -0.15) is 0 Å². The molecule has 3 aromatic carbocycles. The van der Waals surface area contributed by atoms with Crippen LogP contribution in [-0.4, -0.2) is 31.2 Å². The molecule has 1 atom stereocenters. The fraction of sp³-hybridized carbons (Fsp3) is 0.219. The summed E-state index contributed by atoms with van der Waals surface area (Å²) in [5.41, 5.74) is 4.31. The Hall–Kier alpha value is -4.14. The molecule has 0 fully saturated rings. The fourth-order valence-electron chi connectivity index (χ4n) is 4.65. The molecule has 0 radical (unpaired) electrons. The number of allylic oxidation sites excluding steroid dienone is 1. The molecule has 0 saturated carbocycles. The first-order chi connectivity index (χ1) is 19.7. The summed E-state index contributed by atoms with van der Waals surface area (Å²) in [7, 11) is 3.92. The van der Waals surface area contributed by atoms with Gasteiger partial charge in [0.1, 0.15) is 12.4 Å². The van der Waals surface area contributed by atoms with E-state index in [4.69, 9.17) is 21.1 Å². The first-order valence-electron chi connectivity index (χ1n) is 13.2. The Labute approximate surface area is 247 Å². The lowest BCUT2D eigenvalue weighted by Gasteiger charge is -2.25. The zero-order valence-corrected chi connectivity index (χ0v) is 24.8. The highest BCUT2D eigenvalue weighted by Gasteiger charge is 2.33. The van der Waals surface area contributed by atoms with Crippen molar-refractivity contribution < 1.29 is 14.3 Å². The topological polar surface area (TPSA) is 73.1 Å². The second-order valence-corrected chi connectivity index (χ2v) is 11.2. The summed E-state index contributed by atoms with van der Waals surface area (Å²) < 4.78 is 13.5. The molecule has 210 valence electrons. The molecule has 41 heavy (non-hydrogen) atoms. The van der Waals surface area contributed by atoms with Crippen molar-refractivity contribution in [3.63, 3.8) is 0 Å². The Kier molecular flexibility index (Phi) is 8.42. The number of benzene rings is 3. The number of anilines is 1. The highest BCUT2D eigenvalue weighted by atomic mass is 35.5. The van der Waals surface area contributed by atoms with E-state index in [0.717, 1.165) is 22.4 Å². The van der Waals surface area contributed by atoms with Crippen LogP contribution in [0.3, 0.4) is 0 Å². The van der Waals surface area contributed by atoms with Crippen molar-refractivity contribution in [3.8, 4) is 5.75 Å². The molecule has 0 N–H and O–H groups in total. The minimum atomic E-state index is -0.655. The lowest BCUT2D eigenvalue weighted by molar-refractivity contribution is -0.139. The first kappa shape index (κ1) is 28.4. The number of thiazole rings is 1. The van der Waals surface area contributed by atoms with Crippen LogP contribution >= 0.6 is 22.9 Å². The molecule has 9 heteroatoms. The summed E-state index contributed by atoms with van der Waals surface area (Å²) in [6, 6.07) is 22.2. The number of hydrogen-bond donors (Lipinski definition) is 0. The highest BCUT2D eigenvalue weighted by Crippen LogP contribution is 2.31. The van der Waals surface area contributed by atoms with E-state index in [1.807, 2.05) is 97.9 Å². The number of nitrogens with zero attached hydrogens (tertiary/aromatic N) is 3. The van der Waals surface area contributed by atoms with E-state index in [9.17, 15) is 9.59 Å². The van der Waals surface area contributed by atoms with Crippen molar-refractivity contribution in [2.75, 3.05) is 25.6 Å². The summed E-state index contributed by atoms with van der Waals surface area (Å²) in [6.07, 6.45) is 1.83. The van der Waals surface area contributed by atoms with E-state index in [-0.39, 0.29) is 12.2 Å². The van der Waals surface area contributed by atoms with Crippen molar-refractivity contribution in [2.24, 2.45) is 4.99 Å². The van der Waals surface area contributed by atoms with Gasteiger partial charge < -0.3 is 14.4 Å². The number of aromatic nitrogens is 1. The summed E-state index contributed by atoms with van der Waals surface area (Å²) in [5, 5.41) is 0.676. The molecule has 1 unspecified atom stereocenters. The average molecular weight is 588 g/mol. The summed E-state index contributed by atoms with van der Waals surface area (Å²) in [5.74, 6) is 0.205. The second kappa shape index (κ2) is 12.2. The van der Waals surface area contributed by atoms with Gasteiger partial charge in [-0.05, 0) is 73.0 Å². The van der Waals surface area contributed by atoms with E-state index < -0.39 is 12.0 Å². The van der Waals surface area contributed by atoms with Crippen LogP contribution in [0.1, 0.15) is 36.6 Å². The Bertz CT molecular complexity index is 1790. The largest absolute Gasteiger partial charge is 0.489 e. The van der Waals surface area contributed by atoms with Crippen molar-refractivity contribution >= 4 is 40.7 Å². The number of esters is 1. The lowest BCUT2D eigenvalue weighted by atomic mass is 9.95. The SMILES string of the molecule is CCOC(=O)C1=C(C)N=c2sc(=Cc3cccc(OCc4ccc(Cl)cc4)c3)c(=O)n2C1c1ccc(N(C)C)cc1. The van der Waals surface area contributed by atoms with Crippen LogP contribution in [-0.2, 0) is 16.1 Å². The molecule has 0 spiro atoms. The van der Waals surface area contributed by atoms with Crippen molar-refractivity contribution in [2.45, 2.75) is 26.5 Å². The maximum absolute atomic E-state index is 13.9. The molecule has 0 amide bonds. The van der Waals surface area contributed by atoms with Crippen LogP contribution in [0, 0.1) is 0 Å². The number of ether oxygens (including phenoxy) is 2. The van der Waals surface area contributed by atoms with E-state index in [1.165, 1.54) is 11.3 Å². The van der Waals surface area contributed by atoms with E-state index >= 15 is 0 Å². The van der Waals surface area contributed by atoms with Gasteiger partial charge in [0.05, 0.1) is 28.5 Å². The van der Waals surface area contributed by atoms with Gasteiger partial charge in [-0.15, -0.1) is 0 Å². The summed E-state index contributed by atoms with van der Waals surface area (Å²) in [6.45, 7) is 4.16. The quantitative estimate of drug-likeness (QED) is 0.268. The molecule has 5 rings (SSSR count). The van der Waals surface area contributed by atoms with E-state index in [2.05, 4.69) is 4.99 Å². The molecule has 7 nitrogen and oxygen atoms in total. The number of carbonyl (C=O) groups is 1. The molecule has 4 aromatic rings. The molecule has 1 aliphatic heterocycles. The Morgan fingerprint density at radius 2 is 1.83 bits per heavy atom. The highest BCUT2D eigenvalue weighted by molar-refractivity contribution is 7.07. The molecule has 0 aliphatic carbocycles. The first-order valence-corrected chi connectivity index (χ1v) is 14.4. The molecule has 1 aliphatic rings. The molecular weight excluding hydrogens is 558 g/mol. The van der Waals surface area contributed by atoms with Crippen LogP contribution < -0.4 is 24.5 Å². The second-order valence-electron chi connectivity index (χ2n) is 9.78. The van der Waals surface area contributed by atoms with Gasteiger partial charge in [0.25, 0.3) is 5.56 Å². The average Bonchev–Trinajstić information content (AvgIpc) is 3.26. The zero-order chi connectivity index (χ0) is 29.1. The maximum atomic E-state index is 13.9. The third kappa shape index (κ3) is 6.14. The van der Waals surface area contributed by atoms with Crippen LogP contribution in [0.5, 0.6) is 5.75 Å². The van der Waals surface area contributed by atoms with Crippen molar-refractivity contribution in [1.82, 2.24) is 4.57 Å². The number of fused-ring (bicyclic) bond motifs is 1. The summed E-state index contributed by atoms with van der Waals surface area (Å²) in [4.78, 5) is 34.2. The number of carbonyl (C=O) groups excluding carboxylic acids is 1. The van der Waals surface area contributed by atoms with Crippen LogP contribution in [0.15, 0.2) is 93.9 Å². The number of halogens is 1. The van der Waals surface area contributed by atoms with Gasteiger partial charge in [0.15, 0.2) is 4.80 Å². The Morgan fingerprint density at radius 3 is 2.51 bits per heavy atom. The molecule has 1 aromatic heterocycles. The van der Waals surface area contributed by atoms with Gasteiger partial charge in [0.2, 0.25) is 0 Å². The predicted octanol–water partition coefficient (Wildman–Crippen LogP) is 5.10. The smallest absolute Gasteiger partial charge is 0.338 e. The van der Waals surface area contributed by atoms with E-state index in [1.54, 1.807) is 18.4 Å². The van der Waals surface area contributed by atoms with Crippen LogP contribution in [0.4, 0.5) is 5.69 Å². The normalized spacial score (nSPS) is 14.9. The van der Waals surface area contributed by atoms with Crippen molar-refractivity contribution in [1.29, 1.82) is 0 Å². The number of hydrogen-bond acceptors (Lipinski definition) is 7. The number of rotatable bonds is 8. The maximum Gasteiger partial charge on any atom is 0.338 e. The minimum Gasteiger partial charge on any atom is -0.489 e. The zero-order valence-electron chi connectivity index (χ0n) is 23.3. The van der Waals surface area contributed by atoms with Crippen molar-refractivity contribution in [3.05, 3.63) is 125 Å². The van der Waals surface area contributed by atoms with Gasteiger partial charge in [0, 0.05) is 24.8 Å². The third-order valence-corrected chi connectivity index (χ3v) is 7.95. The molecular formula is C32H30ClN3O4S. The molecule has 2 heterocycles. The Morgan fingerprint density at radius 1 is 1.10 bits per heavy atom. The molecule has 0 saturated heterocycles. The van der Waals surface area contributed by atoms with Gasteiger partial charge in [-0.25, -0.2) is 9.79 Å². The van der Waals surface area contributed by atoms with Gasteiger partial charge >= 0.3 is 5.97 Å². The standard InChI is InChI=1S/C32H30ClN3O4S/c1-5-39-31(38)28-20(2)34-32-36(29(28)23-11-15-25(16-12-23)35(3)4)30(37)27(41-32)18-22-7-6-8-26(17-22)40-19-21-9-13-24(33)14-10-21/h6-18,29H,5,19H2,1-4H3. The summed E-state index contributed by atoms with van der Waals surface area (Å²) >= 11 is 7.27. The monoisotopic (exact) mass is 587 g/mol. The van der Waals surface area contributed by atoms with E-state index in [0.29, 0.717) is 38.0 Å². The van der Waals surface area contributed by atoms with Crippen LogP contribution in [0.25, 0.3) is 6.08 Å². The van der Waals surface area contributed by atoms with Gasteiger partial charge in [-0.3, -0.25) is 9.36 Å². The lowest BCUT2D eigenvalue weighted by Crippen LogP contribution is -2.39. The van der Waals surface area contributed by atoms with Crippen LogP contribution in [0.2, 0.25) is 5.02 Å². The third-order valence-electron chi connectivity index (χ3n) is 6.72.